The number of halogens is 1. The summed E-state index contributed by atoms with van der Waals surface area (Å²) < 4.78 is 47.6. The molecule has 0 aliphatic rings. The van der Waals surface area contributed by atoms with Crippen molar-refractivity contribution in [3.05, 3.63) is 66.4 Å². The number of carbonyl (C=O) groups excluding carboxylic acids is 1. The van der Waals surface area contributed by atoms with E-state index in [1.165, 1.54) is 60.9 Å². The lowest BCUT2D eigenvalue weighted by atomic mass is 10.1. The van der Waals surface area contributed by atoms with Gasteiger partial charge in [-0.05, 0) is 50.6 Å². The standard InChI is InChI=1S/C22H25FN4O4S/c1-22(2,3)31-21(28)26(4)13-15-9-20(18-7-5-6-8-19(18)23)27(14-15)32(29,30)17-10-16(24)11-25-12-17/h5-12,14H,13,24H2,1-4H3. The predicted molar refractivity (Wildman–Crippen MR) is 119 cm³/mol. The number of pyridine rings is 1. The van der Waals surface area contributed by atoms with Gasteiger partial charge >= 0.3 is 6.09 Å². The van der Waals surface area contributed by atoms with E-state index in [9.17, 15) is 17.6 Å². The van der Waals surface area contributed by atoms with Crippen molar-refractivity contribution in [1.29, 1.82) is 0 Å². The number of nitrogens with two attached hydrogens (primary N) is 1. The number of rotatable bonds is 5. The summed E-state index contributed by atoms with van der Waals surface area (Å²) in [6.45, 7) is 5.29. The van der Waals surface area contributed by atoms with Gasteiger partial charge in [-0.25, -0.2) is 21.6 Å². The SMILES string of the molecule is CN(Cc1cc(-c2ccccc2F)n(S(=O)(=O)c2cncc(N)c2)c1)C(=O)OC(C)(C)C. The van der Waals surface area contributed by atoms with Gasteiger partial charge in [-0.15, -0.1) is 0 Å². The summed E-state index contributed by atoms with van der Waals surface area (Å²) in [6.07, 6.45) is 3.28. The number of ether oxygens (including phenoxy) is 1. The van der Waals surface area contributed by atoms with Crippen LogP contribution < -0.4 is 5.73 Å². The average molecular weight is 461 g/mol. The van der Waals surface area contributed by atoms with Crippen molar-refractivity contribution in [1.82, 2.24) is 13.9 Å². The van der Waals surface area contributed by atoms with Gasteiger partial charge in [0.25, 0.3) is 10.0 Å². The minimum Gasteiger partial charge on any atom is -0.444 e. The van der Waals surface area contributed by atoms with E-state index < -0.39 is 27.5 Å². The van der Waals surface area contributed by atoms with Crippen LogP contribution in [0.5, 0.6) is 0 Å². The zero-order chi connectivity index (χ0) is 23.7. The Morgan fingerprint density at radius 2 is 1.91 bits per heavy atom. The molecule has 10 heteroatoms. The van der Waals surface area contributed by atoms with Crippen molar-refractivity contribution in [2.45, 2.75) is 37.8 Å². The van der Waals surface area contributed by atoms with Crippen molar-refractivity contribution in [2.75, 3.05) is 12.8 Å². The monoisotopic (exact) mass is 460 g/mol. The molecular formula is C22H25FN4O4S. The van der Waals surface area contributed by atoms with Crippen LogP contribution in [0.2, 0.25) is 0 Å². The lowest BCUT2D eigenvalue weighted by molar-refractivity contribution is 0.0285. The Morgan fingerprint density at radius 1 is 1.22 bits per heavy atom. The van der Waals surface area contributed by atoms with E-state index in [1.807, 2.05) is 0 Å². The fraction of sp³-hybridized carbons (Fsp3) is 0.273. The van der Waals surface area contributed by atoms with Crippen molar-refractivity contribution in [2.24, 2.45) is 0 Å². The zero-order valence-corrected chi connectivity index (χ0v) is 19.1. The number of anilines is 1. The topological polar surface area (TPSA) is 108 Å². The summed E-state index contributed by atoms with van der Waals surface area (Å²) in [4.78, 5) is 17.3. The van der Waals surface area contributed by atoms with Gasteiger partial charge in [-0.3, -0.25) is 4.98 Å². The molecule has 0 fully saturated rings. The summed E-state index contributed by atoms with van der Waals surface area (Å²) in [7, 11) is -2.62. The minimum absolute atomic E-state index is 0.0497. The van der Waals surface area contributed by atoms with E-state index >= 15 is 0 Å². The number of amides is 1. The molecule has 8 nitrogen and oxygen atoms in total. The van der Waals surface area contributed by atoms with E-state index in [0.717, 1.165) is 3.97 Å². The van der Waals surface area contributed by atoms with Crippen LogP contribution in [0.1, 0.15) is 26.3 Å². The van der Waals surface area contributed by atoms with Crippen LogP contribution in [0.4, 0.5) is 14.9 Å². The number of benzene rings is 1. The van der Waals surface area contributed by atoms with Crippen LogP contribution in [0.15, 0.2) is 59.9 Å². The van der Waals surface area contributed by atoms with Crippen molar-refractivity contribution >= 4 is 21.8 Å². The minimum atomic E-state index is -4.15. The van der Waals surface area contributed by atoms with Gasteiger partial charge < -0.3 is 15.4 Å². The largest absolute Gasteiger partial charge is 0.444 e. The fourth-order valence-corrected chi connectivity index (χ4v) is 4.41. The molecule has 0 aliphatic heterocycles. The molecule has 3 aromatic rings. The van der Waals surface area contributed by atoms with Crippen LogP contribution >= 0.6 is 0 Å². The summed E-state index contributed by atoms with van der Waals surface area (Å²) in [6, 6.07) is 8.65. The fourth-order valence-electron chi connectivity index (χ4n) is 3.02. The first-order valence-electron chi connectivity index (χ1n) is 9.75. The lowest BCUT2D eigenvalue weighted by Gasteiger charge is -2.24. The Bertz CT molecular complexity index is 1250. The molecule has 1 aromatic carbocycles. The van der Waals surface area contributed by atoms with Gasteiger partial charge in [0.2, 0.25) is 0 Å². The molecule has 0 saturated heterocycles. The third kappa shape index (κ3) is 5.08. The Morgan fingerprint density at radius 3 is 2.53 bits per heavy atom. The molecule has 2 N–H and O–H groups in total. The lowest BCUT2D eigenvalue weighted by Crippen LogP contribution is -2.33. The molecule has 0 atom stereocenters. The van der Waals surface area contributed by atoms with E-state index in [-0.39, 0.29) is 28.4 Å². The summed E-state index contributed by atoms with van der Waals surface area (Å²) in [5.41, 5.74) is 5.88. The second-order valence-electron chi connectivity index (χ2n) is 8.30. The van der Waals surface area contributed by atoms with Crippen molar-refractivity contribution in [3.8, 4) is 11.3 Å². The Labute approximate surface area is 186 Å². The summed E-state index contributed by atoms with van der Waals surface area (Å²) in [5.74, 6) is -0.584. The molecule has 0 spiro atoms. The van der Waals surface area contributed by atoms with Crippen LogP contribution in [-0.2, 0) is 21.3 Å². The Balaban J connectivity index is 2.07. The van der Waals surface area contributed by atoms with Crippen LogP contribution in [0.25, 0.3) is 11.3 Å². The molecule has 1 amide bonds. The average Bonchev–Trinajstić information content (AvgIpc) is 3.11. The highest BCUT2D eigenvalue weighted by Crippen LogP contribution is 2.30. The molecular weight excluding hydrogens is 435 g/mol. The van der Waals surface area contributed by atoms with E-state index in [1.54, 1.807) is 26.8 Å². The molecule has 3 rings (SSSR count). The van der Waals surface area contributed by atoms with Gasteiger partial charge in [0.05, 0.1) is 17.9 Å². The van der Waals surface area contributed by atoms with E-state index in [2.05, 4.69) is 4.98 Å². The summed E-state index contributed by atoms with van der Waals surface area (Å²) >= 11 is 0. The number of hydrogen-bond donors (Lipinski definition) is 1. The maximum atomic E-state index is 14.6. The number of nitrogens with zero attached hydrogens (tertiary/aromatic N) is 3. The van der Waals surface area contributed by atoms with Gasteiger partial charge in [0, 0.05) is 31.2 Å². The van der Waals surface area contributed by atoms with Gasteiger partial charge in [-0.2, -0.15) is 0 Å². The van der Waals surface area contributed by atoms with Crippen LogP contribution in [-0.4, -0.2) is 41.0 Å². The first kappa shape index (κ1) is 23.3. The Hall–Kier alpha value is -3.40. The van der Waals surface area contributed by atoms with E-state index in [4.69, 9.17) is 10.5 Å². The molecule has 2 heterocycles. The molecule has 170 valence electrons. The maximum absolute atomic E-state index is 14.6. The number of nitrogen functional groups attached to an aromatic ring is 1. The normalized spacial score (nSPS) is 11.9. The van der Waals surface area contributed by atoms with Gasteiger partial charge in [-0.1, -0.05) is 12.1 Å². The third-order valence-electron chi connectivity index (χ3n) is 4.41. The first-order chi connectivity index (χ1) is 14.9. The highest BCUT2D eigenvalue weighted by atomic mass is 32.2. The quantitative estimate of drug-likeness (QED) is 0.619. The summed E-state index contributed by atoms with van der Waals surface area (Å²) in [5, 5.41) is 0. The van der Waals surface area contributed by atoms with Gasteiger partial charge in [0.1, 0.15) is 16.3 Å². The number of carbonyl (C=O) groups is 1. The van der Waals surface area contributed by atoms with Gasteiger partial charge in [0.15, 0.2) is 0 Å². The first-order valence-corrected chi connectivity index (χ1v) is 11.2. The van der Waals surface area contributed by atoms with E-state index in [0.29, 0.717) is 5.56 Å². The highest BCUT2D eigenvalue weighted by Gasteiger charge is 2.25. The second kappa shape index (κ2) is 8.62. The third-order valence-corrected chi connectivity index (χ3v) is 6.05. The smallest absolute Gasteiger partial charge is 0.410 e. The molecule has 0 unspecified atom stereocenters. The molecule has 32 heavy (non-hydrogen) atoms. The highest BCUT2D eigenvalue weighted by molar-refractivity contribution is 7.90. The van der Waals surface area contributed by atoms with Crippen LogP contribution in [0, 0.1) is 5.82 Å². The molecule has 2 aromatic heterocycles. The number of hydrogen-bond acceptors (Lipinski definition) is 6. The van der Waals surface area contributed by atoms with Crippen molar-refractivity contribution < 1.29 is 22.3 Å². The zero-order valence-electron chi connectivity index (χ0n) is 18.2. The molecule has 0 aliphatic carbocycles. The molecule has 0 bridgehead atoms. The number of aromatic nitrogens is 2. The van der Waals surface area contributed by atoms with Crippen LogP contribution in [0.3, 0.4) is 0 Å². The molecule has 0 saturated carbocycles. The Kier molecular flexibility index (Phi) is 6.27. The molecule has 0 radical (unpaired) electrons. The van der Waals surface area contributed by atoms with Crippen molar-refractivity contribution in [3.63, 3.8) is 0 Å². The second-order valence-corrected chi connectivity index (χ2v) is 10.1. The predicted octanol–water partition coefficient (Wildman–Crippen LogP) is 3.88. The maximum Gasteiger partial charge on any atom is 0.410 e.